The van der Waals surface area contributed by atoms with E-state index in [9.17, 15) is 0 Å². The number of aromatic nitrogens is 12. The minimum Gasteiger partial charge on any atom is -0.462 e. The number of hydrogen-bond donors (Lipinski definition) is 0. The summed E-state index contributed by atoms with van der Waals surface area (Å²) in [5, 5.41) is 16.2. The number of hydrogen-bond acceptors (Lipinski definition) is 12. The summed E-state index contributed by atoms with van der Waals surface area (Å²) in [6.07, 6.45) is 20.3. The zero-order chi connectivity index (χ0) is 90.4. The summed E-state index contributed by atoms with van der Waals surface area (Å²) in [7, 11) is 0. The van der Waals surface area contributed by atoms with Crippen LogP contribution in [0.1, 0.15) is 18.4 Å². The fourth-order valence-electron chi connectivity index (χ4n) is 20.0. The fourth-order valence-corrected chi connectivity index (χ4v) is 20.0. The van der Waals surface area contributed by atoms with Crippen LogP contribution in [0, 0.1) is 0 Å². The van der Waals surface area contributed by atoms with Gasteiger partial charge in [-0.15, -0.1) is 0 Å². The quantitative estimate of drug-likeness (QED) is 0.120. The van der Waals surface area contributed by atoms with E-state index in [2.05, 4.69) is 292 Å². The number of furan rings is 4. The molecule has 0 fully saturated rings. The predicted molar refractivity (Wildman–Crippen MR) is 554 cm³/mol. The predicted octanol–water partition coefficient (Wildman–Crippen LogP) is 30.5. The standard InChI is InChI=1S/C32H20N2O.C30H21N3O.2C29H18N4O/c1-2-8-22(9-3-1)33-28-12-6-5-11-25(28)27-20-23(15-17-30(27)33)34-29-13-7-4-10-24(29)26-16-14-21-18-19-35-32(21)31(26)34;1-2-8-28-26(7-1)27-10-9-20-11-14-34-30(20)29(27)33(28)25-16-23(21-5-3-12-31-18-21)15-24(17-25)22-6-4-13-32-19-22;1-3-9-20(10-4-1)27-30-28(21-11-5-2-6-12-21)32-29(31-27)33-24-14-8-7-13-22(24)23-16-15-19-17-18-34-26(19)25(23)33;1-2-10-27-21(7-1)22-12-11-19-13-16-34-29(19)28(22)33(27)20-17-25(23-8-3-5-14-30-23)32-26(18-20)24-9-4-6-15-31-24/h1-20H;1-3,5,7-19H,4,6H2;2*1-18H. The van der Waals surface area contributed by atoms with Gasteiger partial charge in [0.1, 0.15) is 5.52 Å². The molecule has 14 aromatic heterocycles. The molecular formula is C120H77N13O4. The van der Waals surface area contributed by atoms with E-state index < -0.39 is 0 Å². The Kier molecular flexibility index (Phi) is 19.2. The van der Waals surface area contributed by atoms with E-state index in [4.69, 9.17) is 37.6 Å². The van der Waals surface area contributed by atoms with Gasteiger partial charge in [0.15, 0.2) is 34.0 Å². The van der Waals surface area contributed by atoms with Crippen molar-refractivity contribution >= 4 is 165 Å². The molecule has 0 bridgehead atoms. The summed E-state index contributed by atoms with van der Waals surface area (Å²) in [6, 6.07) is 132. The van der Waals surface area contributed by atoms with Crippen LogP contribution in [0.4, 0.5) is 0 Å². The third-order valence-electron chi connectivity index (χ3n) is 26.2. The molecule has 0 saturated carbocycles. The molecule has 1 aliphatic rings. The summed E-state index contributed by atoms with van der Waals surface area (Å²) in [5.74, 6) is 1.81. The average Bonchev–Trinajstić information content (AvgIpc) is 1.54. The molecule has 29 rings (SSSR count). The number of benzene rings is 14. The maximum Gasteiger partial charge on any atom is 0.238 e. The molecule has 0 unspecified atom stereocenters. The van der Waals surface area contributed by atoms with Crippen LogP contribution in [-0.2, 0) is 0 Å². The second-order valence-corrected chi connectivity index (χ2v) is 34.1. The molecule has 17 heteroatoms. The minimum atomic E-state index is 0.558. The van der Waals surface area contributed by atoms with Crippen molar-refractivity contribution in [1.82, 2.24) is 57.7 Å². The molecular weight excluding hydrogens is 1690 g/mol. The van der Waals surface area contributed by atoms with Crippen molar-refractivity contribution in [3.8, 4) is 85.4 Å². The maximum atomic E-state index is 6.02. The average molecular weight is 1770 g/mol. The van der Waals surface area contributed by atoms with Crippen molar-refractivity contribution in [2.75, 3.05) is 0 Å². The van der Waals surface area contributed by atoms with E-state index in [0.29, 0.717) is 17.6 Å². The smallest absolute Gasteiger partial charge is 0.238 e. The molecule has 1 aliphatic heterocycles. The first-order valence-electron chi connectivity index (χ1n) is 45.6. The molecule has 0 N–H and O–H groups in total. The molecule has 17 nitrogen and oxygen atoms in total. The molecule has 0 aliphatic carbocycles. The summed E-state index contributed by atoms with van der Waals surface area (Å²) >= 11 is 0. The molecule has 14 aromatic carbocycles. The molecule has 0 saturated heterocycles. The molecule has 28 aromatic rings. The number of rotatable bonds is 11. The molecule has 0 atom stereocenters. The first-order valence-corrected chi connectivity index (χ1v) is 45.6. The summed E-state index contributed by atoms with van der Waals surface area (Å²) < 4.78 is 35.4. The monoisotopic (exact) mass is 1760 g/mol. The highest BCUT2D eigenvalue weighted by Crippen LogP contribution is 2.46. The van der Waals surface area contributed by atoms with Crippen molar-refractivity contribution in [2.45, 2.75) is 12.8 Å². The maximum absolute atomic E-state index is 6.02. The van der Waals surface area contributed by atoms with E-state index in [1.807, 2.05) is 158 Å². The number of pyridine rings is 4. The Morgan fingerprint density at radius 2 is 0.642 bits per heavy atom. The van der Waals surface area contributed by atoms with E-state index in [0.717, 1.165) is 174 Å². The molecule has 0 radical (unpaired) electrons. The number of aliphatic imine (C=N–C) groups is 1. The first-order chi connectivity index (χ1) is 68.0. The van der Waals surface area contributed by atoms with Crippen molar-refractivity contribution < 1.29 is 17.7 Å². The van der Waals surface area contributed by atoms with Gasteiger partial charge in [-0.25, -0.2) is 9.97 Å². The van der Waals surface area contributed by atoms with Gasteiger partial charge in [0.05, 0.1) is 103 Å². The second-order valence-electron chi connectivity index (χ2n) is 34.1. The largest absolute Gasteiger partial charge is 0.462 e. The Balaban J connectivity index is 0.0000000946. The third-order valence-corrected chi connectivity index (χ3v) is 26.2. The van der Waals surface area contributed by atoms with Crippen LogP contribution >= 0.6 is 0 Å². The number of nitrogens with zero attached hydrogens (tertiary/aromatic N) is 13. The number of para-hydroxylation sites is 6. The molecule has 646 valence electrons. The lowest BCUT2D eigenvalue weighted by Crippen LogP contribution is -2.06. The van der Waals surface area contributed by atoms with Gasteiger partial charge in [-0.2, -0.15) is 9.97 Å². The topological polar surface area (TPSA) is 180 Å². The lowest BCUT2D eigenvalue weighted by Gasteiger charge is -2.16. The van der Waals surface area contributed by atoms with Crippen molar-refractivity contribution in [1.29, 1.82) is 0 Å². The van der Waals surface area contributed by atoms with Gasteiger partial charge in [-0.1, -0.05) is 237 Å². The SMILES string of the molecule is C1=NC=C(c2cc(-c3cccnc3)cc(-n3c4ccccc4c4ccc5ccoc5c43)c2)CC1.c1ccc(-c2cc(-n3c4ccccc4c4ccc5ccoc5c43)cc(-c3ccccn3)n2)nc1.c1ccc(-c2nc(-c3ccccc3)nc(-n3c4ccccc4c4ccc5ccoc5c43)n2)cc1.c1ccc(-n2c3ccccc3c3cc(-n4c5ccccc5c5ccc6ccoc6c54)ccc32)cc1. The van der Waals surface area contributed by atoms with Crippen LogP contribution in [0.15, 0.2) is 461 Å². The van der Waals surface area contributed by atoms with Gasteiger partial charge in [-0.3, -0.25) is 24.5 Å². The lowest BCUT2D eigenvalue weighted by molar-refractivity contribution is 0.617. The van der Waals surface area contributed by atoms with Crippen LogP contribution in [0.3, 0.4) is 0 Å². The van der Waals surface area contributed by atoms with E-state index in [1.54, 1.807) is 37.4 Å². The second kappa shape index (κ2) is 33.3. The summed E-state index contributed by atoms with van der Waals surface area (Å²) in [5.41, 5.74) is 28.7. The van der Waals surface area contributed by atoms with Crippen LogP contribution in [0.5, 0.6) is 0 Å². The Morgan fingerprint density at radius 3 is 1.09 bits per heavy atom. The first kappa shape index (κ1) is 79.2. The Labute approximate surface area is 782 Å². The van der Waals surface area contributed by atoms with Crippen LogP contribution < -0.4 is 0 Å². The van der Waals surface area contributed by atoms with Gasteiger partial charge >= 0.3 is 0 Å². The highest BCUT2D eigenvalue weighted by Gasteiger charge is 2.26. The van der Waals surface area contributed by atoms with Crippen molar-refractivity contribution in [3.05, 3.63) is 444 Å². The van der Waals surface area contributed by atoms with Crippen molar-refractivity contribution in [2.24, 2.45) is 4.99 Å². The van der Waals surface area contributed by atoms with Crippen LogP contribution in [-0.4, -0.2) is 63.9 Å². The molecule has 15 heterocycles. The Morgan fingerprint density at radius 1 is 0.241 bits per heavy atom. The van der Waals surface area contributed by atoms with E-state index >= 15 is 0 Å². The van der Waals surface area contributed by atoms with Gasteiger partial charge < -0.3 is 35.9 Å². The molecule has 0 spiro atoms. The van der Waals surface area contributed by atoms with Crippen LogP contribution in [0.25, 0.3) is 244 Å². The van der Waals surface area contributed by atoms with Gasteiger partial charge in [-0.05, 0) is 175 Å². The highest BCUT2D eigenvalue weighted by molar-refractivity contribution is 6.21. The van der Waals surface area contributed by atoms with Gasteiger partial charge in [0, 0.05) is 146 Å². The summed E-state index contributed by atoms with van der Waals surface area (Å²) in [6.45, 7) is 0. The highest BCUT2D eigenvalue weighted by atomic mass is 16.3. The summed E-state index contributed by atoms with van der Waals surface area (Å²) in [4.78, 5) is 37.6. The van der Waals surface area contributed by atoms with Crippen molar-refractivity contribution in [3.63, 3.8) is 0 Å². The Hall–Kier alpha value is -18.7. The molecule has 0 amide bonds. The number of allylic oxidation sites excluding steroid dienone is 1. The van der Waals surface area contributed by atoms with Crippen LogP contribution in [0.2, 0.25) is 0 Å². The van der Waals surface area contributed by atoms with Gasteiger partial charge in [0.2, 0.25) is 5.95 Å². The zero-order valence-corrected chi connectivity index (χ0v) is 73.5. The normalized spacial score (nSPS) is 12.2. The van der Waals surface area contributed by atoms with E-state index in [1.165, 1.54) is 71.1 Å². The molecule has 137 heavy (non-hydrogen) atoms. The third kappa shape index (κ3) is 13.7. The van der Waals surface area contributed by atoms with E-state index in [-0.39, 0.29) is 0 Å². The fraction of sp³-hybridized carbons (Fsp3) is 0.0167. The lowest BCUT2D eigenvalue weighted by atomic mass is 9.96. The number of fused-ring (bicyclic) bond motifs is 23. The minimum absolute atomic E-state index is 0.558. The Bertz CT molecular complexity index is 9230. The van der Waals surface area contributed by atoms with Gasteiger partial charge in [0.25, 0.3) is 0 Å². The zero-order valence-electron chi connectivity index (χ0n) is 73.5.